The topological polar surface area (TPSA) is 67.6 Å². The van der Waals surface area contributed by atoms with Crippen LogP contribution in [0.2, 0.25) is 0 Å². The third kappa shape index (κ3) is 2.11. The quantitative estimate of drug-likeness (QED) is 0.604. The van der Waals surface area contributed by atoms with E-state index in [0.29, 0.717) is 23.1 Å². The zero-order chi connectivity index (χ0) is 14.4. The van der Waals surface area contributed by atoms with Crippen molar-refractivity contribution in [1.29, 1.82) is 0 Å². The van der Waals surface area contributed by atoms with E-state index in [1.54, 1.807) is 6.08 Å². The number of nitrogens with two attached hydrogens (primary N) is 2. The van der Waals surface area contributed by atoms with Crippen LogP contribution in [0.25, 0.3) is 0 Å². The minimum Gasteiger partial charge on any atom is -0.385 e. The standard InChI is InChI=1S/C15H28N4/c1-14(2)10-6-7-15(14,3)11(8-10)18-12(16)9-13(17)19(4)5/h9-11H,6-8,17H2,1-5H3,(H2,16,18)/b13-9+/t10-,11-,15+/m1/s1. The summed E-state index contributed by atoms with van der Waals surface area (Å²) in [6.07, 6.45) is 5.53. The second-order valence-electron chi connectivity index (χ2n) is 7.14. The minimum atomic E-state index is 0.281. The second-order valence-corrected chi connectivity index (χ2v) is 7.14. The summed E-state index contributed by atoms with van der Waals surface area (Å²) >= 11 is 0. The molecule has 4 heteroatoms. The van der Waals surface area contributed by atoms with Crippen molar-refractivity contribution in [3.05, 3.63) is 11.9 Å². The van der Waals surface area contributed by atoms with Gasteiger partial charge in [0.05, 0.1) is 6.04 Å². The molecule has 0 aliphatic heterocycles. The van der Waals surface area contributed by atoms with E-state index in [4.69, 9.17) is 16.5 Å². The molecular weight excluding hydrogens is 236 g/mol. The van der Waals surface area contributed by atoms with Crippen LogP contribution in [0.5, 0.6) is 0 Å². The first-order valence-corrected chi connectivity index (χ1v) is 7.16. The molecule has 4 nitrogen and oxygen atoms in total. The van der Waals surface area contributed by atoms with E-state index in [1.807, 2.05) is 19.0 Å². The average molecular weight is 264 g/mol. The first-order chi connectivity index (χ1) is 8.68. The molecule has 2 bridgehead atoms. The fraction of sp³-hybridized carbons (Fsp3) is 0.800. The van der Waals surface area contributed by atoms with E-state index in [9.17, 15) is 0 Å². The SMILES string of the molecule is CN(C)/C(N)=C/C(N)=N[C@@H]1C[C@H]2CC[C@]1(C)C2(C)C. The van der Waals surface area contributed by atoms with Crippen LogP contribution in [0.3, 0.4) is 0 Å². The Kier molecular flexibility index (Phi) is 3.31. The maximum absolute atomic E-state index is 6.04. The third-order valence-electron chi connectivity index (χ3n) is 5.87. The first kappa shape index (κ1) is 14.2. The monoisotopic (exact) mass is 264 g/mol. The van der Waals surface area contributed by atoms with Crippen LogP contribution in [-0.2, 0) is 0 Å². The highest BCUT2D eigenvalue weighted by atomic mass is 15.1. The Morgan fingerprint density at radius 2 is 1.89 bits per heavy atom. The summed E-state index contributed by atoms with van der Waals surface area (Å²) in [5.41, 5.74) is 12.6. The van der Waals surface area contributed by atoms with Crippen molar-refractivity contribution in [1.82, 2.24) is 4.90 Å². The highest BCUT2D eigenvalue weighted by Crippen LogP contribution is 2.66. The van der Waals surface area contributed by atoms with Gasteiger partial charge in [0.15, 0.2) is 0 Å². The van der Waals surface area contributed by atoms with Crippen molar-refractivity contribution in [2.45, 2.75) is 46.1 Å². The Morgan fingerprint density at radius 3 is 2.32 bits per heavy atom. The van der Waals surface area contributed by atoms with Crippen LogP contribution in [-0.4, -0.2) is 30.9 Å². The molecule has 108 valence electrons. The van der Waals surface area contributed by atoms with E-state index in [-0.39, 0.29) is 5.41 Å². The number of amidine groups is 1. The Hall–Kier alpha value is -1.19. The largest absolute Gasteiger partial charge is 0.385 e. The van der Waals surface area contributed by atoms with Crippen LogP contribution >= 0.6 is 0 Å². The Bertz CT molecular complexity index is 422. The van der Waals surface area contributed by atoms with Crippen molar-refractivity contribution in [2.75, 3.05) is 14.1 Å². The van der Waals surface area contributed by atoms with Gasteiger partial charge in [0, 0.05) is 20.2 Å². The molecule has 0 aromatic rings. The highest BCUT2D eigenvalue weighted by molar-refractivity contribution is 5.92. The summed E-state index contributed by atoms with van der Waals surface area (Å²) in [6, 6.07) is 0.340. The fourth-order valence-electron chi connectivity index (χ4n) is 3.85. The normalized spacial score (nSPS) is 37.7. The summed E-state index contributed by atoms with van der Waals surface area (Å²) in [5.74, 6) is 1.99. The van der Waals surface area contributed by atoms with Crippen molar-refractivity contribution < 1.29 is 0 Å². The van der Waals surface area contributed by atoms with Crippen molar-refractivity contribution in [3.63, 3.8) is 0 Å². The molecular formula is C15H28N4. The average Bonchev–Trinajstić information content (AvgIpc) is 2.61. The van der Waals surface area contributed by atoms with Crippen molar-refractivity contribution >= 4 is 5.84 Å². The highest BCUT2D eigenvalue weighted by Gasteiger charge is 2.61. The molecule has 4 N–H and O–H groups in total. The third-order valence-corrected chi connectivity index (χ3v) is 5.87. The molecule has 0 saturated heterocycles. The molecule has 2 aliphatic carbocycles. The van der Waals surface area contributed by atoms with Gasteiger partial charge < -0.3 is 16.4 Å². The molecule has 0 aromatic carbocycles. The summed E-state index contributed by atoms with van der Waals surface area (Å²) in [6.45, 7) is 7.15. The van der Waals surface area contributed by atoms with Gasteiger partial charge in [0.2, 0.25) is 0 Å². The number of rotatable bonds is 3. The van der Waals surface area contributed by atoms with Gasteiger partial charge in [-0.05, 0) is 36.0 Å². The van der Waals surface area contributed by atoms with Gasteiger partial charge in [0.1, 0.15) is 11.7 Å². The molecule has 0 aromatic heterocycles. The molecule has 2 saturated carbocycles. The smallest absolute Gasteiger partial charge is 0.122 e. The summed E-state index contributed by atoms with van der Waals surface area (Å²) < 4.78 is 0. The fourth-order valence-corrected chi connectivity index (χ4v) is 3.85. The maximum Gasteiger partial charge on any atom is 0.122 e. The molecule has 0 radical (unpaired) electrons. The molecule has 19 heavy (non-hydrogen) atoms. The lowest BCUT2D eigenvalue weighted by atomic mass is 9.69. The molecule has 0 spiro atoms. The van der Waals surface area contributed by atoms with Crippen LogP contribution < -0.4 is 11.5 Å². The maximum atomic E-state index is 6.04. The molecule has 2 fully saturated rings. The van der Waals surface area contributed by atoms with Gasteiger partial charge in [-0.25, -0.2) is 0 Å². The Labute approximate surface area is 116 Å². The van der Waals surface area contributed by atoms with Gasteiger partial charge in [0.25, 0.3) is 0 Å². The van der Waals surface area contributed by atoms with Crippen molar-refractivity contribution in [3.8, 4) is 0 Å². The molecule has 2 rings (SSSR count). The molecule has 0 heterocycles. The lowest BCUT2D eigenvalue weighted by Crippen LogP contribution is -2.35. The molecule has 3 atom stereocenters. The number of hydrogen-bond donors (Lipinski definition) is 2. The van der Waals surface area contributed by atoms with Gasteiger partial charge >= 0.3 is 0 Å². The van der Waals surface area contributed by atoms with Crippen molar-refractivity contribution in [2.24, 2.45) is 33.2 Å². The number of aliphatic imine (C=N–C) groups is 1. The number of nitrogens with zero attached hydrogens (tertiary/aromatic N) is 2. The lowest BCUT2D eigenvalue weighted by Gasteiger charge is -2.37. The molecule has 2 aliphatic rings. The predicted molar refractivity (Wildman–Crippen MR) is 80.6 cm³/mol. The van der Waals surface area contributed by atoms with Gasteiger partial charge in [-0.2, -0.15) is 0 Å². The molecule has 0 unspecified atom stereocenters. The van der Waals surface area contributed by atoms with E-state index in [1.165, 1.54) is 19.3 Å². The van der Waals surface area contributed by atoms with E-state index < -0.39 is 0 Å². The Balaban J connectivity index is 2.20. The zero-order valence-electron chi connectivity index (χ0n) is 12.9. The predicted octanol–water partition coefficient (Wildman–Crippen LogP) is 1.92. The van der Waals surface area contributed by atoms with Crippen LogP contribution in [0.15, 0.2) is 16.9 Å². The first-order valence-electron chi connectivity index (χ1n) is 7.16. The zero-order valence-corrected chi connectivity index (χ0v) is 12.9. The molecule has 0 amide bonds. The Morgan fingerprint density at radius 1 is 1.26 bits per heavy atom. The minimum absolute atomic E-state index is 0.281. The summed E-state index contributed by atoms with van der Waals surface area (Å²) in [5, 5.41) is 0. The summed E-state index contributed by atoms with van der Waals surface area (Å²) in [4.78, 5) is 6.60. The summed E-state index contributed by atoms with van der Waals surface area (Å²) in [7, 11) is 3.81. The second kappa shape index (κ2) is 4.43. The number of fused-ring (bicyclic) bond motifs is 2. The van der Waals surface area contributed by atoms with Crippen LogP contribution in [0.1, 0.15) is 40.0 Å². The van der Waals surface area contributed by atoms with E-state index in [0.717, 1.165) is 5.92 Å². The number of hydrogen-bond acceptors (Lipinski definition) is 3. The van der Waals surface area contributed by atoms with E-state index >= 15 is 0 Å². The lowest BCUT2D eigenvalue weighted by molar-refractivity contribution is 0.137. The van der Waals surface area contributed by atoms with Crippen LogP contribution in [0, 0.1) is 16.7 Å². The van der Waals surface area contributed by atoms with Gasteiger partial charge in [-0.3, -0.25) is 4.99 Å². The van der Waals surface area contributed by atoms with E-state index in [2.05, 4.69) is 20.8 Å². The van der Waals surface area contributed by atoms with Crippen LogP contribution in [0.4, 0.5) is 0 Å². The van der Waals surface area contributed by atoms with Gasteiger partial charge in [-0.1, -0.05) is 20.8 Å². The van der Waals surface area contributed by atoms with Gasteiger partial charge in [-0.15, -0.1) is 0 Å².